The van der Waals surface area contributed by atoms with Gasteiger partial charge in [0, 0.05) is 12.8 Å². The van der Waals surface area contributed by atoms with Crippen molar-refractivity contribution in [1.82, 2.24) is 0 Å². The second-order valence-electron chi connectivity index (χ2n) is 3.00. The predicted molar refractivity (Wildman–Crippen MR) is 50.6 cm³/mol. The van der Waals surface area contributed by atoms with E-state index < -0.39 is 0 Å². The van der Waals surface area contributed by atoms with Gasteiger partial charge in [-0.1, -0.05) is 13.8 Å². The Morgan fingerprint density at radius 3 is 1.62 bits per heavy atom. The first kappa shape index (κ1) is 12.3. The molecule has 2 atom stereocenters. The monoisotopic (exact) mass is 186 g/mol. The van der Waals surface area contributed by atoms with E-state index in [1.54, 1.807) is 0 Å². The zero-order valence-electron chi connectivity index (χ0n) is 8.36. The van der Waals surface area contributed by atoms with Gasteiger partial charge in [-0.2, -0.15) is 0 Å². The molecule has 2 unspecified atom stereocenters. The van der Waals surface area contributed by atoms with Crippen molar-refractivity contribution in [3.05, 3.63) is 0 Å². The molecule has 0 radical (unpaired) electrons. The maximum atomic E-state index is 10.3. The lowest BCUT2D eigenvalue weighted by Gasteiger charge is -2.20. The Morgan fingerprint density at radius 2 is 1.38 bits per heavy atom. The maximum absolute atomic E-state index is 10.3. The molecule has 0 aromatic carbocycles. The quantitative estimate of drug-likeness (QED) is 0.542. The van der Waals surface area contributed by atoms with Gasteiger partial charge in [-0.15, -0.1) is 0 Å². The average molecular weight is 186 g/mol. The highest BCUT2D eigenvalue weighted by Gasteiger charge is 2.12. The number of hydrogen-bond acceptors (Lipinski definition) is 3. The molecule has 3 heteroatoms. The van der Waals surface area contributed by atoms with E-state index in [9.17, 15) is 9.59 Å². The first-order chi connectivity index (χ1) is 6.28. The van der Waals surface area contributed by atoms with E-state index in [1.165, 1.54) is 0 Å². The van der Waals surface area contributed by atoms with E-state index in [-0.39, 0.29) is 12.2 Å². The van der Waals surface area contributed by atoms with Gasteiger partial charge in [0.2, 0.25) is 0 Å². The third-order valence-corrected chi connectivity index (χ3v) is 2.01. The van der Waals surface area contributed by atoms with Gasteiger partial charge in [-0.25, -0.2) is 0 Å². The molecule has 0 aliphatic heterocycles. The zero-order chi connectivity index (χ0) is 10.1. The van der Waals surface area contributed by atoms with Gasteiger partial charge in [0.05, 0.1) is 12.2 Å². The third kappa shape index (κ3) is 5.53. The summed E-state index contributed by atoms with van der Waals surface area (Å²) in [6.07, 6.45) is 4.15. The minimum Gasteiger partial charge on any atom is -0.374 e. The minimum absolute atomic E-state index is 0.0256. The van der Waals surface area contributed by atoms with Crippen molar-refractivity contribution in [2.75, 3.05) is 0 Å². The molecule has 0 heterocycles. The van der Waals surface area contributed by atoms with Crippen LogP contribution in [0.5, 0.6) is 0 Å². The number of aldehydes is 2. The number of rotatable bonds is 8. The van der Waals surface area contributed by atoms with Crippen LogP contribution in [0, 0.1) is 0 Å². The maximum Gasteiger partial charge on any atom is 0.122 e. The fraction of sp³-hybridized carbons (Fsp3) is 0.800. The highest BCUT2D eigenvalue weighted by Crippen LogP contribution is 2.10. The Morgan fingerprint density at radius 1 is 1.00 bits per heavy atom. The van der Waals surface area contributed by atoms with E-state index in [4.69, 9.17) is 4.74 Å². The molecule has 0 rings (SSSR count). The standard InChI is InChI=1S/C10H18O3/c1-3-9(5-7-11)13-10(4-2)6-8-12/h7-10H,3-6H2,1-2H3. The number of carbonyl (C=O) groups excluding carboxylic acids is 2. The van der Waals surface area contributed by atoms with Crippen LogP contribution in [0.2, 0.25) is 0 Å². The fourth-order valence-electron chi connectivity index (χ4n) is 1.12. The molecular formula is C10H18O3. The summed E-state index contributed by atoms with van der Waals surface area (Å²) >= 11 is 0. The topological polar surface area (TPSA) is 43.4 Å². The summed E-state index contributed by atoms with van der Waals surface area (Å²) < 4.78 is 5.57. The Bertz CT molecular complexity index is 129. The Labute approximate surface area is 79.5 Å². The molecule has 0 saturated heterocycles. The van der Waals surface area contributed by atoms with Gasteiger partial charge in [-0.05, 0) is 12.8 Å². The van der Waals surface area contributed by atoms with E-state index >= 15 is 0 Å². The second kappa shape index (κ2) is 7.92. The summed E-state index contributed by atoms with van der Waals surface area (Å²) in [6, 6.07) is 0. The van der Waals surface area contributed by atoms with Crippen molar-refractivity contribution in [1.29, 1.82) is 0 Å². The lowest BCUT2D eigenvalue weighted by atomic mass is 10.1. The molecule has 0 spiro atoms. The molecule has 0 aliphatic rings. The van der Waals surface area contributed by atoms with Crippen LogP contribution in [0.4, 0.5) is 0 Å². The van der Waals surface area contributed by atoms with Crippen LogP contribution in [0.3, 0.4) is 0 Å². The Hall–Kier alpha value is -0.700. The SMILES string of the molecule is CCC(CC=O)OC(CC)CC=O. The van der Waals surface area contributed by atoms with Crippen LogP contribution < -0.4 is 0 Å². The van der Waals surface area contributed by atoms with Crippen LogP contribution in [0.15, 0.2) is 0 Å². The number of ether oxygens (including phenoxy) is 1. The van der Waals surface area contributed by atoms with Gasteiger partial charge >= 0.3 is 0 Å². The van der Waals surface area contributed by atoms with Gasteiger partial charge in [0.1, 0.15) is 12.6 Å². The van der Waals surface area contributed by atoms with Gasteiger partial charge < -0.3 is 14.3 Å². The molecular weight excluding hydrogens is 168 g/mol. The van der Waals surface area contributed by atoms with Gasteiger partial charge in [0.25, 0.3) is 0 Å². The normalized spacial score (nSPS) is 14.9. The summed E-state index contributed by atoms with van der Waals surface area (Å²) in [5.41, 5.74) is 0. The lowest BCUT2D eigenvalue weighted by Crippen LogP contribution is -2.22. The van der Waals surface area contributed by atoms with Crippen LogP contribution in [0.25, 0.3) is 0 Å². The molecule has 0 aromatic rings. The minimum atomic E-state index is -0.0256. The molecule has 3 nitrogen and oxygen atoms in total. The molecule has 0 aliphatic carbocycles. The van der Waals surface area contributed by atoms with Gasteiger partial charge in [0.15, 0.2) is 0 Å². The number of hydrogen-bond donors (Lipinski definition) is 0. The molecule has 0 amide bonds. The number of carbonyl (C=O) groups is 2. The molecule has 0 saturated carbocycles. The predicted octanol–water partition coefficient (Wildman–Crippen LogP) is 1.74. The first-order valence-corrected chi connectivity index (χ1v) is 4.81. The zero-order valence-corrected chi connectivity index (χ0v) is 8.36. The summed E-state index contributed by atoms with van der Waals surface area (Å²) in [5.74, 6) is 0. The third-order valence-electron chi connectivity index (χ3n) is 2.01. The highest BCUT2D eigenvalue weighted by molar-refractivity contribution is 5.50. The van der Waals surface area contributed by atoms with Crippen molar-refractivity contribution in [3.8, 4) is 0 Å². The molecule has 13 heavy (non-hydrogen) atoms. The molecule has 0 fully saturated rings. The highest BCUT2D eigenvalue weighted by atomic mass is 16.5. The van der Waals surface area contributed by atoms with Crippen LogP contribution >= 0.6 is 0 Å². The summed E-state index contributed by atoms with van der Waals surface area (Å²) in [7, 11) is 0. The van der Waals surface area contributed by atoms with Crippen molar-refractivity contribution in [2.45, 2.75) is 51.7 Å². The van der Waals surface area contributed by atoms with Crippen LogP contribution in [-0.4, -0.2) is 24.8 Å². The van der Waals surface area contributed by atoms with Crippen LogP contribution in [0.1, 0.15) is 39.5 Å². The van der Waals surface area contributed by atoms with Crippen molar-refractivity contribution < 1.29 is 14.3 Å². The Balaban J connectivity index is 3.85. The summed E-state index contributed by atoms with van der Waals surface area (Å²) in [4.78, 5) is 20.5. The molecule has 76 valence electrons. The molecule has 0 aromatic heterocycles. The van der Waals surface area contributed by atoms with E-state index in [0.717, 1.165) is 25.4 Å². The summed E-state index contributed by atoms with van der Waals surface area (Å²) in [5, 5.41) is 0. The van der Waals surface area contributed by atoms with Crippen molar-refractivity contribution in [3.63, 3.8) is 0 Å². The van der Waals surface area contributed by atoms with E-state index in [1.807, 2.05) is 13.8 Å². The van der Waals surface area contributed by atoms with E-state index in [2.05, 4.69) is 0 Å². The lowest BCUT2D eigenvalue weighted by molar-refractivity contribution is -0.114. The van der Waals surface area contributed by atoms with Crippen LogP contribution in [-0.2, 0) is 14.3 Å². The fourth-order valence-corrected chi connectivity index (χ4v) is 1.12. The van der Waals surface area contributed by atoms with Crippen molar-refractivity contribution in [2.24, 2.45) is 0 Å². The van der Waals surface area contributed by atoms with Gasteiger partial charge in [-0.3, -0.25) is 0 Å². The Kier molecular flexibility index (Phi) is 7.50. The molecule has 0 N–H and O–H groups in total. The first-order valence-electron chi connectivity index (χ1n) is 4.81. The summed E-state index contributed by atoms with van der Waals surface area (Å²) in [6.45, 7) is 3.95. The average Bonchev–Trinajstić information content (AvgIpc) is 2.16. The second-order valence-corrected chi connectivity index (χ2v) is 3.00. The smallest absolute Gasteiger partial charge is 0.122 e. The largest absolute Gasteiger partial charge is 0.374 e. The van der Waals surface area contributed by atoms with Crippen molar-refractivity contribution >= 4 is 12.6 Å². The van der Waals surface area contributed by atoms with E-state index in [0.29, 0.717) is 12.8 Å². The molecule has 0 bridgehead atoms.